The summed E-state index contributed by atoms with van der Waals surface area (Å²) in [6, 6.07) is 12.3. The van der Waals surface area contributed by atoms with Crippen LogP contribution in [0.5, 0.6) is 0 Å². The fourth-order valence-electron chi connectivity index (χ4n) is 3.92. The highest BCUT2D eigenvalue weighted by atomic mass is 32.1. The van der Waals surface area contributed by atoms with Crippen LogP contribution in [0.2, 0.25) is 0 Å². The molecule has 4 nitrogen and oxygen atoms in total. The molecule has 5 heteroatoms. The molecule has 1 aromatic heterocycles. The molecule has 1 spiro atoms. The number of rotatable bonds is 3. The van der Waals surface area contributed by atoms with Gasteiger partial charge in [-0.3, -0.25) is 9.69 Å². The summed E-state index contributed by atoms with van der Waals surface area (Å²) in [4.78, 5) is 15.5. The molecule has 2 atom stereocenters. The van der Waals surface area contributed by atoms with E-state index in [-0.39, 0.29) is 17.4 Å². The summed E-state index contributed by atoms with van der Waals surface area (Å²) in [5.41, 5.74) is 2.54. The molecule has 0 N–H and O–H groups in total. The lowest BCUT2D eigenvalue weighted by atomic mass is 9.89. The highest BCUT2D eigenvalue weighted by Gasteiger charge is 2.47. The van der Waals surface area contributed by atoms with Crippen molar-refractivity contribution in [1.82, 2.24) is 0 Å². The lowest BCUT2D eigenvalue weighted by Crippen LogP contribution is -2.38. The van der Waals surface area contributed by atoms with E-state index in [4.69, 9.17) is 9.47 Å². The van der Waals surface area contributed by atoms with Gasteiger partial charge in [0.2, 0.25) is 5.91 Å². The molecule has 1 aliphatic heterocycles. The Morgan fingerprint density at radius 3 is 2.68 bits per heavy atom. The van der Waals surface area contributed by atoms with Crippen LogP contribution in [-0.4, -0.2) is 24.4 Å². The van der Waals surface area contributed by atoms with Gasteiger partial charge in [-0.05, 0) is 29.0 Å². The predicted molar refractivity (Wildman–Crippen MR) is 113 cm³/mol. The van der Waals surface area contributed by atoms with Crippen molar-refractivity contribution in [2.75, 3.05) is 11.5 Å². The molecule has 1 amide bonds. The molecule has 1 aliphatic carbocycles. The van der Waals surface area contributed by atoms with Crippen molar-refractivity contribution in [2.24, 2.45) is 5.41 Å². The van der Waals surface area contributed by atoms with E-state index in [0.717, 1.165) is 29.8 Å². The number of hydrogen-bond donors (Lipinski definition) is 0. The van der Waals surface area contributed by atoms with Crippen molar-refractivity contribution < 1.29 is 14.3 Å². The second kappa shape index (κ2) is 7.29. The largest absolute Gasteiger partial charge is 0.347 e. The molecular formula is C23H29NO3S. The Bertz CT molecular complexity index is 854. The van der Waals surface area contributed by atoms with Crippen LogP contribution in [0.3, 0.4) is 0 Å². The van der Waals surface area contributed by atoms with Crippen LogP contribution in [0.4, 0.5) is 5.00 Å². The van der Waals surface area contributed by atoms with Crippen LogP contribution in [0, 0.1) is 5.41 Å². The first kappa shape index (κ1) is 19.6. The number of aryl methyl sites for hydroxylation is 1. The number of thiophene rings is 1. The van der Waals surface area contributed by atoms with Crippen LogP contribution in [-0.2, 0) is 33.7 Å². The van der Waals surface area contributed by atoms with Crippen molar-refractivity contribution in [3.63, 3.8) is 0 Å². The van der Waals surface area contributed by atoms with Gasteiger partial charge in [-0.1, -0.05) is 51.1 Å². The Balaban J connectivity index is 1.54. The zero-order chi connectivity index (χ0) is 19.9. The first-order chi connectivity index (χ1) is 13.3. The maximum absolute atomic E-state index is 12.3. The van der Waals surface area contributed by atoms with Crippen molar-refractivity contribution in [2.45, 2.75) is 65.4 Å². The van der Waals surface area contributed by atoms with Crippen LogP contribution in [0.1, 0.15) is 50.1 Å². The molecule has 0 radical (unpaired) electrons. The van der Waals surface area contributed by atoms with Crippen molar-refractivity contribution in [1.29, 1.82) is 0 Å². The Hall–Kier alpha value is -1.69. The second-order valence-electron chi connectivity index (χ2n) is 8.99. The quantitative estimate of drug-likeness (QED) is 0.733. The molecule has 150 valence electrons. The predicted octanol–water partition coefficient (Wildman–Crippen LogP) is 4.95. The molecule has 0 bridgehead atoms. The zero-order valence-electron chi connectivity index (χ0n) is 17.2. The third-order valence-electron chi connectivity index (χ3n) is 5.74. The number of hydrogen-bond acceptors (Lipinski definition) is 4. The van der Waals surface area contributed by atoms with Gasteiger partial charge in [0.05, 0.1) is 24.3 Å². The van der Waals surface area contributed by atoms with Gasteiger partial charge in [0, 0.05) is 24.6 Å². The first-order valence-electron chi connectivity index (χ1n) is 10.0. The summed E-state index contributed by atoms with van der Waals surface area (Å²) in [6.45, 7) is 9.49. The second-order valence-corrected chi connectivity index (χ2v) is 10.1. The van der Waals surface area contributed by atoms with Gasteiger partial charge in [-0.15, -0.1) is 11.3 Å². The van der Waals surface area contributed by atoms with Crippen molar-refractivity contribution in [3.05, 3.63) is 52.4 Å². The fourth-order valence-corrected chi connectivity index (χ4v) is 5.26. The lowest BCUT2D eigenvalue weighted by Gasteiger charge is -2.33. The molecule has 1 aromatic carbocycles. The number of carbonyl (C=O) groups excluding carboxylic acids is 1. The Labute approximate surface area is 171 Å². The van der Waals surface area contributed by atoms with Gasteiger partial charge >= 0.3 is 0 Å². The summed E-state index contributed by atoms with van der Waals surface area (Å²) in [5.74, 6) is -0.425. The summed E-state index contributed by atoms with van der Waals surface area (Å²) in [5, 5.41) is 1.02. The van der Waals surface area contributed by atoms with E-state index in [2.05, 4.69) is 39.0 Å². The molecule has 2 heterocycles. The minimum Gasteiger partial charge on any atom is -0.347 e. The van der Waals surface area contributed by atoms with Crippen LogP contribution in [0.25, 0.3) is 0 Å². The summed E-state index contributed by atoms with van der Waals surface area (Å²) >= 11 is 1.71. The van der Waals surface area contributed by atoms with E-state index in [0.29, 0.717) is 13.2 Å². The van der Waals surface area contributed by atoms with Gasteiger partial charge in [0.15, 0.2) is 5.79 Å². The fraction of sp³-hybridized carbons (Fsp3) is 0.522. The maximum Gasteiger partial charge on any atom is 0.224 e. The van der Waals surface area contributed by atoms with Gasteiger partial charge < -0.3 is 9.47 Å². The average molecular weight is 400 g/mol. The molecule has 4 rings (SSSR count). The number of carbonyl (C=O) groups is 1. The summed E-state index contributed by atoms with van der Waals surface area (Å²) in [6.07, 6.45) is 2.71. The molecule has 2 unspecified atom stereocenters. The van der Waals surface area contributed by atoms with Crippen molar-refractivity contribution >= 4 is 22.2 Å². The number of ether oxygens (including phenoxy) is 2. The van der Waals surface area contributed by atoms with Gasteiger partial charge in [0.25, 0.3) is 0 Å². The standard InChI is InChI=1S/C23H29NO3S/c1-16(25)24(14-17-8-6-5-7-9-17)21-12-18-10-11-23(13-19(18)28-21)26-15-20(27-23)22(2,3)4/h5-9,12,20H,10-11,13-15H2,1-4H3. The lowest BCUT2D eigenvalue weighted by molar-refractivity contribution is -0.183. The summed E-state index contributed by atoms with van der Waals surface area (Å²) < 4.78 is 12.6. The smallest absolute Gasteiger partial charge is 0.224 e. The Morgan fingerprint density at radius 1 is 1.29 bits per heavy atom. The van der Waals surface area contributed by atoms with Gasteiger partial charge in [-0.25, -0.2) is 0 Å². The SMILES string of the molecule is CC(=O)N(Cc1ccccc1)c1cc2c(s1)CC1(CC2)OCC(C(C)(C)C)O1. The Kier molecular flexibility index (Phi) is 5.10. The molecule has 2 aromatic rings. The van der Waals surface area contributed by atoms with Crippen LogP contribution < -0.4 is 4.90 Å². The van der Waals surface area contributed by atoms with Crippen LogP contribution >= 0.6 is 11.3 Å². The molecule has 0 saturated carbocycles. The number of amides is 1. The minimum absolute atomic E-state index is 0.0679. The van der Waals surface area contributed by atoms with E-state index >= 15 is 0 Å². The molecule has 2 aliphatic rings. The number of fused-ring (bicyclic) bond motifs is 1. The van der Waals surface area contributed by atoms with E-state index in [9.17, 15) is 4.79 Å². The summed E-state index contributed by atoms with van der Waals surface area (Å²) in [7, 11) is 0. The molecule has 1 fully saturated rings. The molecular weight excluding hydrogens is 370 g/mol. The highest BCUT2D eigenvalue weighted by molar-refractivity contribution is 7.16. The topological polar surface area (TPSA) is 38.8 Å². The van der Waals surface area contributed by atoms with E-state index in [1.54, 1.807) is 18.3 Å². The third kappa shape index (κ3) is 3.88. The number of benzene rings is 1. The van der Waals surface area contributed by atoms with Crippen molar-refractivity contribution in [3.8, 4) is 0 Å². The monoisotopic (exact) mass is 399 g/mol. The van der Waals surface area contributed by atoms with Gasteiger partial charge in [0.1, 0.15) is 0 Å². The highest BCUT2D eigenvalue weighted by Crippen LogP contribution is 2.45. The maximum atomic E-state index is 12.3. The Morgan fingerprint density at radius 2 is 2.04 bits per heavy atom. The number of nitrogens with zero attached hydrogens (tertiary/aromatic N) is 1. The molecule has 1 saturated heterocycles. The van der Waals surface area contributed by atoms with Crippen LogP contribution in [0.15, 0.2) is 36.4 Å². The first-order valence-corrected chi connectivity index (χ1v) is 10.8. The van der Waals surface area contributed by atoms with E-state index < -0.39 is 5.79 Å². The minimum atomic E-state index is -0.493. The third-order valence-corrected chi connectivity index (χ3v) is 6.94. The zero-order valence-corrected chi connectivity index (χ0v) is 18.0. The van der Waals surface area contributed by atoms with E-state index in [1.807, 2.05) is 23.1 Å². The normalized spacial score (nSPS) is 24.4. The number of anilines is 1. The average Bonchev–Trinajstić information content (AvgIpc) is 3.24. The van der Waals surface area contributed by atoms with Gasteiger partial charge in [-0.2, -0.15) is 0 Å². The molecule has 28 heavy (non-hydrogen) atoms. The van der Waals surface area contributed by atoms with E-state index in [1.165, 1.54) is 10.4 Å².